The Kier molecular flexibility index (Phi) is 3.95. The van der Waals surface area contributed by atoms with Gasteiger partial charge in [0.05, 0.1) is 6.54 Å². The minimum absolute atomic E-state index is 0.223. The van der Waals surface area contributed by atoms with E-state index in [0.29, 0.717) is 12.0 Å². The van der Waals surface area contributed by atoms with Gasteiger partial charge in [0.15, 0.2) is 0 Å². The number of carbonyl (C=O) groups excluding carboxylic acids is 1. The van der Waals surface area contributed by atoms with E-state index in [-0.39, 0.29) is 12.5 Å². The Labute approximate surface area is 129 Å². The SMILES string of the molecule is NC(=O)CN[C@@H]1C[C@H]1c1ccc(-c2ccccc2)cc1Cl. The van der Waals surface area contributed by atoms with Crippen LogP contribution in [0.15, 0.2) is 48.5 Å². The Hall–Kier alpha value is -1.84. The van der Waals surface area contributed by atoms with E-state index >= 15 is 0 Å². The molecule has 1 amide bonds. The molecule has 4 heteroatoms. The number of nitrogens with two attached hydrogens (primary N) is 1. The number of hydrogen-bond acceptors (Lipinski definition) is 2. The lowest BCUT2D eigenvalue weighted by Gasteiger charge is -2.08. The molecule has 2 atom stereocenters. The van der Waals surface area contributed by atoms with Crippen molar-refractivity contribution >= 4 is 17.5 Å². The maximum absolute atomic E-state index is 10.8. The first kappa shape index (κ1) is 14.1. The third kappa shape index (κ3) is 3.26. The molecule has 21 heavy (non-hydrogen) atoms. The fraction of sp³-hybridized carbons (Fsp3) is 0.235. The molecular weight excluding hydrogens is 284 g/mol. The number of benzene rings is 2. The second-order valence-corrected chi connectivity index (χ2v) is 5.81. The molecule has 0 spiro atoms. The van der Waals surface area contributed by atoms with Gasteiger partial charge in [0.1, 0.15) is 0 Å². The standard InChI is InChI=1S/C17H17ClN2O/c18-15-8-12(11-4-2-1-3-5-11)6-7-13(15)14-9-16(14)20-10-17(19)21/h1-8,14,16,20H,9-10H2,(H2,19,21)/t14-,16+/m0/s1. The summed E-state index contributed by atoms with van der Waals surface area (Å²) in [7, 11) is 0. The zero-order valence-corrected chi connectivity index (χ0v) is 12.3. The molecule has 0 unspecified atom stereocenters. The smallest absolute Gasteiger partial charge is 0.231 e. The van der Waals surface area contributed by atoms with Gasteiger partial charge in [-0.25, -0.2) is 0 Å². The van der Waals surface area contributed by atoms with Gasteiger partial charge < -0.3 is 11.1 Å². The molecule has 2 aromatic carbocycles. The van der Waals surface area contributed by atoms with E-state index in [9.17, 15) is 4.79 Å². The number of rotatable bonds is 5. The topological polar surface area (TPSA) is 55.1 Å². The van der Waals surface area contributed by atoms with Gasteiger partial charge in [0.25, 0.3) is 0 Å². The summed E-state index contributed by atoms with van der Waals surface area (Å²) in [5.41, 5.74) is 8.55. The molecule has 2 aromatic rings. The average molecular weight is 301 g/mol. The number of amides is 1. The molecule has 1 saturated carbocycles. The normalized spacial score (nSPS) is 20.2. The van der Waals surface area contributed by atoms with Crippen molar-refractivity contribution in [1.82, 2.24) is 5.32 Å². The Bertz CT molecular complexity index is 657. The molecule has 0 aromatic heterocycles. The molecule has 0 aliphatic heterocycles. The summed E-state index contributed by atoms with van der Waals surface area (Å²) < 4.78 is 0. The minimum atomic E-state index is -0.328. The lowest BCUT2D eigenvalue weighted by atomic mass is 10.0. The maximum atomic E-state index is 10.8. The van der Waals surface area contributed by atoms with Gasteiger partial charge in [-0.2, -0.15) is 0 Å². The highest BCUT2D eigenvalue weighted by Gasteiger charge is 2.39. The molecule has 0 saturated heterocycles. The van der Waals surface area contributed by atoms with Gasteiger partial charge in [-0.05, 0) is 29.2 Å². The number of halogens is 1. The summed E-state index contributed by atoms with van der Waals surface area (Å²) in [6.07, 6.45) is 0.998. The van der Waals surface area contributed by atoms with Crippen LogP contribution in [0.2, 0.25) is 5.02 Å². The van der Waals surface area contributed by atoms with Gasteiger partial charge in [-0.1, -0.05) is 54.1 Å². The zero-order valence-electron chi connectivity index (χ0n) is 11.6. The predicted octanol–water partition coefficient (Wildman–Crippen LogP) is 2.94. The van der Waals surface area contributed by atoms with Crippen LogP contribution < -0.4 is 11.1 Å². The first-order chi connectivity index (χ1) is 10.1. The second kappa shape index (κ2) is 5.88. The van der Waals surface area contributed by atoms with Crippen molar-refractivity contribution in [2.24, 2.45) is 5.73 Å². The van der Waals surface area contributed by atoms with Gasteiger partial charge in [0.2, 0.25) is 5.91 Å². The molecule has 3 nitrogen and oxygen atoms in total. The van der Waals surface area contributed by atoms with E-state index in [2.05, 4.69) is 29.6 Å². The summed E-state index contributed by atoms with van der Waals surface area (Å²) in [6, 6.07) is 16.7. The fourth-order valence-electron chi connectivity index (χ4n) is 2.63. The average Bonchev–Trinajstić information content (AvgIpc) is 3.25. The summed E-state index contributed by atoms with van der Waals surface area (Å²) in [6.45, 7) is 0.223. The molecule has 108 valence electrons. The largest absolute Gasteiger partial charge is 0.369 e. The van der Waals surface area contributed by atoms with Crippen LogP contribution in [-0.2, 0) is 4.79 Å². The Morgan fingerprint density at radius 2 is 1.95 bits per heavy atom. The number of primary amides is 1. The van der Waals surface area contributed by atoms with Crippen molar-refractivity contribution in [3.63, 3.8) is 0 Å². The molecule has 1 aliphatic rings. The van der Waals surface area contributed by atoms with Crippen LogP contribution in [0, 0.1) is 0 Å². The summed E-state index contributed by atoms with van der Waals surface area (Å²) >= 11 is 6.42. The van der Waals surface area contributed by atoms with E-state index in [0.717, 1.165) is 28.1 Å². The van der Waals surface area contributed by atoms with Crippen molar-refractivity contribution in [2.45, 2.75) is 18.4 Å². The van der Waals surface area contributed by atoms with Crippen molar-refractivity contribution in [3.8, 4) is 11.1 Å². The van der Waals surface area contributed by atoms with E-state index in [1.165, 1.54) is 0 Å². The third-order valence-corrected chi connectivity index (χ3v) is 4.16. The summed E-state index contributed by atoms with van der Waals surface area (Å²) in [5.74, 6) is 0.0489. The Morgan fingerprint density at radius 3 is 2.62 bits per heavy atom. The van der Waals surface area contributed by atoms with Crippen molar-refractivity contribution in [3.05, 3.63) is 59.1 Å². The van der Waals surface area contributed by atoms with E-state index in [1.54, 1.807) is 0 Å². The molecule has 1 fully saturated rings. The van der Waals surface area contributed by atoms with Gasteiger partial charge in [-0.15, -0.1) is 0 Å². The van der Waals surface area contributed by atoms with Gasteiger partial charge >= 0.3 is 0 Å². The zero-order chi connectivity index (χ0) is 14.8. The highest BCUT2D eigenvalue weighted by Crippen LogP contribution is 2.44. The number of nitrogens with one attached hydrogen (secondary N) is 1. The molecule has 0 bridgehead atoms. The maximum Gasteiger partial charge on any atom is 0.231 e. The molecule has 0 radical (unpaired) electrons. The van der Waals surface area contributed by atoms with Gasteiger partial charge in [0, 0.05) is 17.0 Å². The number of hydrogen-bond donors (Lipinski definition) is 2. The lowest BCUT2D eigenvalue weighted by Crippen LogP contribution is -2.30. The van der Waals surface area contributed by atoms with Crippen LogP contribution in [0.25, 0.3) is 11.1 Å². The first-order valence-corrected chi connectivity index (χ1v) is 7.39. The molecular formula is C17H17ClN2O. The van der Waals surface area contributed by atoms with Crippen LogP contribution in [0.4, 0.5) is 0 Å². The minimum Gasteiger partial charge on any atom is -0.369 e. The summed E-state index contributed by atoms with van der Waals surface area (Å²) in [4.78, 5) is 10.8. The van der Waals surface area contributed by atoms with Crippen molar-refractivity contribution in [2.75, 3.05) is 6.54 Å². The molecule has 3 N–H and O–H groups in total. The van der Waals surface area contributed by atoms with E-state index in [4.69, 9.17) is 17.3 Å². The third-order valence-electron chi connectivity index (χ3n) is 3.84. The van der Waals surface area contributed by atoms with Crippen molar-refractivity contribution in [1.29, 1.82) is 0 Å². The van der Waals surface area contributed by atoms with Crippen molar-refractivity contribution < 1.29 is 4.79 Å². The van der Waals surface area contributed by atoms with Crippen LogP contribution in [0.3, 0.4) is 0 Å². The van der Waals surface area contributed by atoms with E-state index in [1.807, 2.05) is 24.3 Å². The Balaban J connectivity index is 1.73. The van der Waals surface area contributed by atoms with E-state index < -0.39 is 0 Å². The first-order valence-electron chi connectivity index (χ1n) is 7.01. The highest BCUT2D eigenvalue weighted by atomic mass is 35.5. The summed E-state index contributed by atoms with van der Waals surface area (Å²) in [5, 5.41) is 3.93. The monoisotopic (exact) mass is 300 g/mol. The fourth-order valence-corrected chi connectivity index (χ4v) is 2.95. The van der Waals surface area contributed by atoms with Gasteiger partial charge in [-0.3, -0.25) is 4.79 Å². The highest BCUT2D eigenvalue weighted by molar-refractivity contribution is 6.31. The van der Waals surface area contributed by atoms with Crippen LogP contribution in [-0.4, -0.2) is 18.5 Å². The lowest BCUT2D eigenvalue weighted by molar-refractivity contribution is -0.117. The molecule has 3 rings (SSSR count). The van der Waals surface area contributed by atoms with Crippen LogP contribution >= 0.6 is 11.6 Å². The predicted molar refractivity (Wildman–Crippen MR) is 85.2 cm³/mol. The number of carbonyl (C=O) groups is 1. The van der Waals surface area contributed by atoms with Crippen LogP contribution in [0.1, 0.15) is 17.9 Å². The van der Waals surface area contributed by atoms with Crippen LogP contribution in [0.5, 0.6) is 0 Å². The quantitative estimate of drug-likeness (QED) is 0.892. The molecule has 0 heterocycles. The Morgan fingerprint density at radius 1 is 1.19 bits per heavy atom. The molecule has 1 aliphatic carbocycles. The second-order valence-electron chi connectivity index (χ2n) is 5.40.